The Morgan fingerprint density at radius 3 is 2.54 bits per heavy atom. The first-order chi connectivity index (χ1) is 12.9. The molecule has 1 unspecified atom stereocenters. The number of anilines is 2. The molecule has 8 heteroatoms. The van der Waals surface area contributed by atoms with E-state index in [0.29, 0.717) is 22.1 Å². The van der Waals surface area contributed by atoms with Gasteiger partial charge in [-0.1, -0.05) is 44.5 Å². The van der Waals surface area contributed by atoms with Gasteiger partial charge in [0.1, 0.15) is 5.75 Å². The van der Waals surface area contributed by atoms with E-state index in [9.17, 15) is 13.2 Å². The summed E-state index contributed by atoms with van der Waals surface area (Å²) in [5, 5.41) is 3.21. The first-order valence-corrected chi connectivity index (χ1v) is 11.0. The summed E-state index contributed by atoms with van der Waals surface area (Å²) >= 11 is 5.95. The molecule has 2 aromatic carbocycles. The van der Waals surface area contributed by atoms with Crippen LogP contribution in [0.25, 0.3) is 0 Å². The number of fused-ring (bicyclic) bond motifs is 1. The fourth-order valence-corrected chi connectivity index (χ4v) is 4.05. The van der Waals surface area contributed by atoms with E-state index in [4.69, 9.17) is 16.3 Å². The maximum absolute atomic E-state index is 12.7. The van der Waals surface area contributed by atoms with E-state index in [2.05, 4.69) is 5.32 Å². The predicted octanol–water partition coefficient (Wildman–Crippen LogP) is 3.80. The van der Waals surface area contributed by atoms with E-state index in [1.54, 1.807) is 30.3 Å². The van der Waals surface area contributed by atoms with Crippen molar-refractivity contribution in [2.45, 2.75) is 32.3 Å². The van der Waals surface area contributed by atoms with Crippen molar-refractivity contribution in [1.29, 1.82) is 0 Å². The topological polar surface area (TPSA) is 75.7 Å². The Morgan fingerprint density at radius 1 is 1.21 bits per heavy atom. The summed E-state index contributed by atoms with van der Waals surface area (Å²) < 4.78 is 31.9. The number of carbonyl (C=O) groups excluding carboxylic acids is 1. The zero-order valence-electron chi connectivity index (χ0n) is 16.2. The van der Waals surface area contributed by atoms with Crippen molar-refractivity contribution in [1.82, 2.24) is 0 Å². The number of hydrogen-bond donors (Lipinski definition) is 1. The van der Waals surface area contributed by atoms with Crippen LogP contribution in [0.2, 0.25) is 5.02 Å². The van der Waals surface area contributed by atoms with Crippen LogP contribution in [0.1, 0.15) is 26.3 Å². The lowest BCUT2D eigenvalue weighted by Gasteiger charge is -2.35. The molecule has 28 heavy (non-hydrogen) atoms. The molecule has 0 aromatic heterocycles. The van der Waals surface area contributed by atoms with Crippen molar-refractivity contribution >= 4 is 38.9 Å². The number of halogens is 1. The maximum atomic E-state index is 12.7. The molecule has 150 valence electrons. The summed E-state index contributed by atoms with van der Waals surface area (Å²) in [7, 11) is -3.60. The molecule has 3 rings (SSSR count). The highest BCUT2D eigenvalue weighted by Crippen LogP contribution is 2.38. The molecule has 0 spiro atoms. The zero-order valence-corrected chi connectivity index (χ0v) is 17.8. The van der Waals surface area contributed by atoms with Gasteiger partial charge in [-0.2, -0.15) is 0 Å². The van der Waals surface area contributed by atoms with E-state index in [1.165, 1.54) is 4.31 Å². The fraction of sp³-hybridized carbons (Fsp3) is 0.350. The fourth-order valence-electron chi connectivity index (χ4n) is 2.96. The van der Waals surface area contributed by atoms with Crippen LogP contribution < -0.4 is 14.4 Å². The van der Waals surface area contributed by atoms with Gasteiger partial charge in [-0.3, -0.25) is 9.10 Å². The predicted molar refractivity (Wildman–Crippen MR) is 112 cm³/mol. The van der Waals surface area contributed by atoms with Gasteiger partial charge in [0.25, 0.3) is 5.91 Å². The van der Waals surface area contributed by atoms with Crippen LogP contribution in [0.4, 0.5) is 11.4 Å². The first-order valence-electron chi connectivity index (χ1n) is 8.80. The molecule has 0 bridgehead atoms. The summed E-state index contributed by atoms with van der Waals surface area (Å²) in [5.41, 5.74) is 1.78. The Hall–Kier alpha value is -2.25. The van der Waals surface area contributed by atoms with E-state index >= 15 is 0 Å². The lowest BCUT2D eigenvalue weighted by molar-refractivity contribution is -0.122. The van der Waals surface area contributed by atoms with Gasteiger partial charge < -0.3 is 10.1 Å². The summed E-state index contributed by atoms with van der Waals surface area (Å²) in [6.07, 6.45) is 0.138. The Morgan fingerprint density at radius 2 is 1.93 bits per heavy atom. The van der Waals surface area contributed by atoms with Crippen LogP contribution in [0.5, 0.6) is 5.75 Å². The Bertz CT molecular complexity index is 1020. The molecule has 1 aliphatic heterocycles. The number of benzene rings is 2. The van der Waals surface area contributed by atoms with E-state index in [0.717, 1.165) is 11.8 Å². The average molecular weight is 423 g/mol. The zero-order chi connectivity index (χ0) is 20.7. The summed E-state index contributed by atoms with van der Waals surface area (Å²) in [6, 6.07) is 12.1. The monoisotopic (exact) mass is 422 g/mol. The molecule has 1 aliphatic rings. The third-order valence-electron chi connectivity index (χ3n) is 4.48. The van der Waals surface area contributed by atoms with Crippen molar-refractivity contribution in [3.63, 3.8) is 0 Å². The van der Waals surface area contributed by atoms with Crippen LogP contribution in [0, 0.1) is 0 Å². The molecule has 2 aromatic rings. The van der Waals surface area contributed by atoms with Gasteiger partial charge in [0, 0.05) is 10.7 Å². The van der Waals surface area contributed by atoms with E-state index in [-0.39, 0.29) is 12.0 Å². The lowest BCUT2D eigenvalue weighted by atomic mass is 9.86. The quantitative estimate of drug-likeness (QED) is 0.816. The largest absolute Gasteiger partial charge is 0.476 e. The molecule has 1 heterocycles. The number of carbonyl (C=O) groups is 1. The Balaban J connectivity index is 1.93. The van der Waals surface area contributed by atoms with Crippen molar-refractivity contribution in [2.24, 2.45) is 0 Å². The van der Waals surface area contributed by atoms with Crippen molar-refractivity contribution in [3.8, 4) is 5.75 Å². The van der Waals surface area contributed by atoms with Gasteiger partial charge in [0.05, 0.1) is 18.5 Å². The third-order valence-corrected chi connectivity index (χ3v) is 5.86. The number of sulfonamides is 1. The van der Waals surface area contributed by atoms with Crippen molar-refractivity contribution in [3.05, 3.63) is 53.1 Å². The summed E-state index contributed by atoms with van der Waals surface area (Å²) in [5.74, 6) is -0.0858. The van der Waals surface area contributed by atoms with Gasteiger partial charge in [-0.15, -0.1) is 0 Å². The summed E-state index contributed by atoms with van der Waals surface area (Å²) in [4.78, 5) is 12.7. The normalized spacial score (nSPS) is 16.9. The minimum atomic E-state index is -3.60. The number of hydrogen-bond acceptors (Lipinski definition) is 4. The molecule has 1 atom stereocenters. The average Bonchev–Trinajstić information content (AvgIpc) is 2.58. The van der Waals surface area contributed by atoms with Gasteiger partial charge in [-0.05, 0) is 41.3 Å². The second-order valence-electron chi connectivity index (χ2n) is 7.83. The molecule has 0 radical (unpaired) electrons. The summed E-state index contributed by atoms with van der Waals surface area (Å²) in [6.45, 7) is 6.03. The molecule has 6 nitrogen and oxygen atoms in total. The van der Waals surface area contributed by atoms with Crippen LogP contribution in [-0.2, 0) is 20.2 Å². The van der Waals surface area contributed by atoms with Gasteiger partial charge in [-0.25, -0.2) is 8.42 Å². The van der Waals surface area contributed by atoms with Crippen LogP contribution >= 0.6 is 11.6 Å². The van der Waals surface area contributed by atoms with Gasteiger partial charge in [0.2, 0.25) is 10.0 Å². The Labute approximate surface area is 170 Å². The minimum Gasteiger partial charge on any atom is -0.476 e. The molecule has 0 saturated heterocycles. The Kier molecular flexibility index (Phi) is 5.34. The van der Waals surface area contributed by atoms with E-state index in [1.807, 2.05) is 32.9 Å². The van der Waals surface area contributed by atoms with Crippen molar-refractivity contribution in [2.75, 3.05) is 22.4 Å². The SMILES string of the molecule is CC(C)(C)c1ccc2c(c1)N(S(C)(=O)=O)CC(C(=O)Nc1cccc(Cl)c1)O2. The standard InChI is InChI=1S/C20H23ClN2O4S/c1-20(2,3)13-8-9-17-16(10-13)23(28(4,25)26)12-18(27-17)19(24)22-15-7-5-6-14(21)11-15/h5-11,18H,12H2,1-4H3,(H,22,24). The molecule has 0 saturated carbocycles. The molecule has 0 fully saturated rings. The molecular weight excluding hydrogens is 400 g/mol. The number of amides is 1. The lowest BCUT2D eigenvalue weighted by Crippen LogP contribution is -2.48. The van der Waals surface area contributed by atoms with Crippen LogP contribution in [0.3, 0.4) is 0 Å². The highest BCUT2D eigenvalue weighted by molar-refractivity contribution is 7.92. The molecular formula is C20H23ClN2O4S. The molecule has 1 N–H and O–H groups in total. The van der Waals surface area contributed by atoms with Gasteiger partial charge >= 0.3 is 0 Å². The number of ether oxygens (including phenoxy) is 1. The van der Waals surface area contributed by atoms with E-state index < -0.39 is 22.0 Å². The number of nitrogens with one attached hydrogen (secondary N) is 1. The number of rotatable bonds is 3. The smallest absolute Gasteiger partial charge is 0.267 e. The van der Waals surface area contributed by atoms with Crippen LogP contribution in [0.15, 0.2) is 42.5 Å². The highest BCUT2D eigenvalue weighted by atomic mass is 35.5. The molecule has 0 aliphatic carbocycles. The second-order valence-corrected chi connectivity index (χ2v) is 10.2. The maximum Gasteiger partial charge on any atom is 0.267 e. The minimum absolute atomic E-state index is 0.105. The third kappa shape index (κ3) is 4.42. The molecule has 1 amide bonds. The van der Waals surface area contributed by atoms with Crippen LogP contribution in [-0.4, -0.2) is 33.2 Å². The second kappa shape index (κ2) is 7.29. The van der Waals surface area contributed by atoms with Gasteiger partial charge in [0.15, 0.2) is 6.10 Å². The first kappa shape index (κ1) is 20.5. The highest BCUT2D eigenvalue weighted by Gasteiger charge is 2.35. The number of nitrogens with zero attached hydrogens (tertiary/aromatic N) is 1. The van der Waals surface area contributed by atoms with Crippen molar-refractivity contribution < 1.29 is 17.9 Å².